The second-order valence-corrected chi connectivity index (χ2v) is 3.14. The summed E-state index contributed by atoms with van der Waals surface area (Å²) in [7, 11) is 0. The fourth-order valence-electron chi connectivity index (χ4n) is 1.03. The molecule has 1 aromatic heterocycles. The van der Waals surface area contributed by atoms with Gasteiger partial charge in [-0.25, -0.2) is 4.98 Å². The summed E-state index contributed by atoms with van der Waals surface area (Å²) in [6.07, 6.45) is 2.94. The summed E-state index contributed by atoms with van der Waals surface area (Å²) in [5.41, 5.74) is 5.05. The Morgan fingerprint density at radius 3 is 2.86 bits per heavy atom. The van der Waals surface area contributed by atoms with Crippen LogP contribution >= 0.6 is 0 Å². The van der Waals surface area contributed by atoms with Gasteiger partial charge in [0.25, 0.3) is 11.8 Å². The molecule has 2 rings (SSSR count). The number of carbonyl (C=O) groups excluding carboxylic acids is 2. The molecule has 1 aromatic rings. The zero-order valence-corrected chi connectivity index (χ0v) is 7.32. The highest BCUT2D eigenvalue weighted by molar-refractivity contribution is 5.94. The van der Waals surface area contributed by atoms with Gasteiger partial charge in [0.15, 0.2) is 5.69 Å². The Bertz CT molecular complexity index is 381. The van der Waals surface area contributed by atoms with E-state index in [1.165, 1.54) is 6.33 Å². The van der Waals surface area contributed by atoms with E-state index in [0.717, 1.165) is 12.8 Å². The molecule has 6 nitrogen and oxygen atoms in total. The predicted molar refractivity (Wildman–Crippen MR) is 45.5 cm³/mol. The van der Waals surface area contributed by atoms with E-state index in [9.17, 15) is 9.59 Å². The quantitative estimate of drug-likeness (QED) is 0.654. The molecule has 3 N–H and O–H groups in total. The van der Waals surface area contributed by atoms with E-state index in [2.05, 4.69) is 9.97 Å². The number of esters is 1. The normalized spacial score (nSPS) is 15.1. The molecule has 0 saturated heterocycles. The van der Waals surface area contributed by atoms with Crippen molar-refractivity contribution in [3.8, 4) is 5.88 Å². The number of aromatic nitrogens is 2. The molecule has 0 atom stereocenters. The Morgan fingerprint density at radius 2 is 2.29 bits per heavy atom. The van der Waals surface area contributed by atoms with Gasteiger partial charge in [-0.1, -0.05) is 0 Å². The third-order valence-corrected chi connectivity index (χ3v) is 1.96. The third kappa shape index (κ3) is 1.59. The summed E-state index contributed by atoms with van der Waals surface area (Å²) in [6, 6.07) is 0. The first-order chi connectivity index (χ1) is 6.68. The van der Waals surface area contributed by atoms with Crippen molar-refractivity contribution in [2.45, 2.75) is 12.8 Å². The lowest BCUT2D eigenvalue weighted by Crippen LogP contribution is -2.16. The van der Waals surface area contributed by atoms with Crippen molar-refractivity contribution in [2.75, 3.05) is 0 Å². The Labute approximate surface area is 79.5 Å². The Kier molecular flexibility index (Phi) is 1.95. The number of imidazole rings is 1. The molecule has 0 spiro atoms. The van der Waals surface area contributed by atoms with Gasteiger partial charge in [0.2, 0.25) is 0 Å². The van der Waals surface area contributed by atoms with Crippen LogP contribution in [0.2, 0.25) is 0 Å². The number of primary amides is 1. The Balaban J connectivity index is 2.11. The molecule has 6 heteroatoms. The number of carbonyl (C=O) groups is 2. The van der Waals surface area contributed by atoms with E-state index in [1.807, 2.05) is 0 Å². The fourth-order valence-corrected chi connectivity index (χ4v) is 1.03. The molecule has 0 aliphatic heterocycles. The third-order valence-electron chi connectivity index (χ3n) is 1.96. The van der Waals surface area contributed by atoms with Crippen molar-refractivity contribution >= 4 is 11.9 Å². The topological polar surface area (TPSA) is 98.1 Å². The van der Waals surface area contributed by atoms with Crippen LogP contribution in [0.3, 0.4) is 0 Å². The van der Waals surface area contributed by atoms with Gasteiger partial charge in [-0.15, -0.1) is 0 Å². The smallest absolute Gasteiger partial charge is 0.315 e. The maximum Gasteiger partial charge on any atom is 0.315 e. The molecular formula is C8H9N3O3. The molecule has 1 fully saturated rings. The number of H-pyrrole nitrogens is 1. The molecule has 0 unspecified atom stereocenters. The van der Waals surface area contributed by atoms with Gasteiger partial charge in [-0.05, 0) is 12.8 Å². The molecule has 74 valence electrons. The Hall–Kier alpha value is -1.85. The minimum Gasteiger partial charge on any atom is -0.405 e. The summed E-state index contributed by atoms with van der Waals surface area (Å²) in [6.45, 7) is 0. The van der Waals surface area contributed by atoms with Crippen LogP contribution in [0.1, 0.15) is 23.3 Å². The number of nitrogens with one attached hydrogen (secondary N) is 1. The van der Waals surface area contributed by atoms with Gasteiger partial charge >= 0.3 is 5.97 Å². The highest BCUT2D eigenvalue weighted by Gasteiger charge is 2.32. The van der Waals surface area contributed by atoms with E-state index in [4.69, 9.17) is 10.5 Å². The highest BCUT2D eigenvalue weighted by Crippen LogP contribution is 2.30. The summed E-state index contributed by atoms with van der Waals surface area (Å²) >= 11 is 0. The number of nitrogens with zero attached hydrogens (tertiary/aromatic N) is 1. The molecule has 0 aromatic carbocycles. The largest absolute Gasteiger partial charge is 0.405 e. The van der Waals surface area contributed by atoms with Crippen molar-refractivity contribution < 1.29 is 14.3 Å². The first-order valence-corrected chi connectivity index (χ1v) is 4.23. The number of hydrogen-bond donors (Lipinski definition) is 2. The number of amides is 1. The monoisotopic (exact) mass is 195 g/mol. The first kappa shape index (κ1) is 8.74. The van der Waals surface area contributed by atoms with Crippen molar-refractivity contribution in [3.05, 3.63) is 12.0 Å². The van der Waals surface area contributed by atoms with E-state index in [0.29, 0.717) is 0 Å². The standard InChI is InChI=1S/C8H9N3O3/c9-6(12)5-7(11-3-10-5)14-8(13)4-1-2-4/h3-4H,1-2H2,(H2,9,12)(H,10,11). The highest BCUT2D eigenvalue weighted by atomic mass is 16.5. The molecule has 1 aliphatic carbocycles. The summed E-state index contributed by atoms with van der Waals surface area (Å²) in [5, 5.41) is 0. The molecular weight excluding hydrogens is 186 g/mol. The van der Waals surface area contributed by atoms with E-state index in [-0.39, 0.29) is 23.5 Å². The first-order valence-electron chi connectivity index (χ1n) is 4.23. The van der Waals surface area contributed by atoms with E-state index in [1.54, 1.807) is 0 Å². The van der Waals surface area contributed by atoms with E-state index >= 15 is 0 Å². The minimum absolute atomic E-state index is 0.0269. The van der Waals surface area contributed by atoms with Crippen LogP contribution in [0.5, 0.6) is 5.88 Å². The second-order valence-electron chi connectivity index (χ2n) is 3.14. The maximum atomic E-state index is 11.2. The van der Waals surface area contributed by atoms with Crippen molar-refractivity contribution in [1.29, 1.82) is 0 Å². The van der Waals surface area contributed by atoms with E-state index < -0.39 is 5.91 Å². The number of nitrogens with two attached hydrogens (primary N) is 1. The number of hydrogen-bond acceptors (Lipinski definition) is 4. The molecule has 1 saturated carbocycles. The number of aromatic amines is 1. The zero-order valence-electron chi connectivity index (χ0n) is 7.32. The molecule has 14 heavy (non-hydrogen) atoms. The molecule has 0 bridgehead atoms. The Morgan fingerprint density at radius 1 is 1.57 bits per heavy atom. The van der Waals surface area contributed by atoms with Crippen LogP contribution in [-0.4, -0.2) is 21.8 Å². The van der Waals surface area contributed by atoms with Crippen LogP contribution in [-0.2, 0) is 4.79 Å². The number of rotatable bonds is 3. The van der Waals surface area contributed by atoms with Crippen LogP contribution in [0.25, 0.3) is 0 Å². The molecule has 1 heterocycles. The minimum atomic E-state index is -0.693. The number of ether oxygens (including phenoxy) is 1. The lowest BCUT2D eigenvalue weighted by atomic mass is 10.4. The van der Waals surface area contributed by atoms with Crippen LogP contribution in [0.4, 0.5) is 0 Å². The summed E-state index contributed by atoms with van der Waals surface area (Å²) in [5.74, 6) is -1.11. The fraction of sp³-hybridized carbons (Fsp3) is 0.375. The summed E-state index contributed by atoms with van der Waals surface area (Å²) < 4.78 is 4.89. The van der Waals surface area contributed by atoms with Crippen LogP contribution in [0.15, 0.2) is 6.33 Å². The van der Waals surface area contributed by atoms with Gasteiger partial charge in [0, 0.05) is 0 Å². The van der Waals surface area contributed by atoms with Gasteiger partial charge in [0.05, 0.1) is 12.2 Å². The molecule has 1 aliphatic rings. The van der Waals surface area contributed by atoms with Crippen LogP contribution in [0, 0.1) is 5.92 Å². The molecule has 1 amide bonds. The average Bonchev–Trinajstić information content (AvgIpc) is 2.87. The molecule has 0 radical (unpaired) electrons. The maximum absolute atomic E-state index is 11.2. The van der Waals surface area contributed by atoms with Crippen molar-refractivity contribution in [2.24, 2.45) is 11.7 Å². The van der Waals surface area contributed by atoms with Crippen molar-refractivity contribution in [3.63, 3.8) is 0 Å². The summed E-state index contributed by atoms with van der Waals surface area (Å²) in [4.78, 5) is 28.2. The average molecular weight is 195 g/mol. The van der Waals surface area contributed by atoms with Gasteiger partial charge in [0.1, 0.15) is 0 Å². The lowest BCUT2D eigenvalue weighted by molar-refractivity contribution is -0.136. The predicted octanol–water partition coefficient (Wildman–Crippen LogP) is -0.176. The van der Waals surface area contributed by atoms with Crippen molar-refractivity contribution in [1.82, 2.24) is 9.97 Å². The second kappa shape index (κ2) is 3.13. The van der Waals surface area contributed by atoms with Gasteiger partial charge in [-0.3, -0.25) is 9.59 Å². The zero-order chi connectivity index (χ0) is 10.1. The SMILES string of the molecule is NC(=O)c1[nH]cnc1OC(=O)C1CC1. The van der Waals surface area contributed by atoms with Crippen LogP contribution < -0.4 is 10.5 Å². The lowest BCUT2D eigenvalue weighted by Gasteiger charge is -1.99. The van der Waals surface area contributed by atoms with Gasteiger partial charge in [-0.2, -0.15) is 0 Å². The van der Waals surface area contributed by atoms with Gasteiger partial charge < -0.3 is 15.5 Å².